The third kappa shape index (κ3) is 3.37. The van der Waals surface area contributed by atoms with Gasteiger partial charge in [0.1, 0.15) is 17.8 Å². The Balaban J connectivity index is 1.43. The summed E-state index contributed by atoms with van der Waals surface area (Å²) in [5.74, 6) is 0.757. The number of H-pyrrole nitrogens is 1. The van der Waals surface area contributed by atoms with Crippen molar-refractivity contribution in [1.29, 1.82) is 0 Å². The van der Waals surface area contributed by atoms with Crippen molar-refractivity contribution in [3.63, 3.8) is 0 Å². The van der Waals surface area contributed by atoms with Crippen molar-refractivity contribution < 1.29 is 4.90 Å². The molecular formula is C22H19ClN3OS+. The molecule has 1 atom stereocenters. The van der Waals surface area contributed by atoms with Crippen LogP contribution >= 0.6 is 22.9 Å². The second-order valence-electron chi connectivity index (χ2n) is 7.22. The van der Waals surface area contributed by atoms with Gasteiger partial charge in [0.25, 0.3) is 5.56 Å². The van der Waals surface area contributed by atoms with Crippen LogP contribution in [0.1, 0.15) is 17.0 Å². The Hall–Kier alpha value is -2.47. The van der Waals surface area contributed by atoms with Crippen molar-refractivity contribution in [1.82, 2.24) is 9.97 Å². The molecule has 1 aliphatic heterocycles. The highest BCUT2D eigenvalue weighted by Gasteiger charge is 2.20. The highest BCUT2D eigenvalue weighted by atomic mass is 35.5. The van der Waals surface area contributed by atoms with E-state index in [-0.39, 0.29) is 5.56 Å². The van der Waals surface area contributed by atoms with Crippen LogP contribution < -0.4 is 10.5 Å². The molecule has 140 valence electrons. The Labute approximate surface area is 171 Å². The summed E-state index contributed by atoms with van der Waals surface area (Å²) in [6.45, 7) is 2.75. The van der Waals surface area contributed by atoms with Gasteiger partial charge in [-0.25, -0.2) is 4.98 Å². The van der Waals surface area contributed by atoms with Gasteiger partial charge < -0.3 is 9.88 Å². The molecule has 2 N–H and O–H groups in total. The first-order valence-electron chi connectivity index (χ1n) is 9.35. The number of quaternary nitrogens is 1. The number of benzene rings is 2. The summed E-state index contributed by atoms with van der Waals surface area (Å²) in [5.41, 5.74) is 4.60. The van der Waals surface area contributed by atoms with Gasteiger partial charge in [0.15, 0.2) is 5.82 Å². The van der Waals surface area contributed by atoms with Crippen molar-refractivity contribution >= 4 is 33.2 Å². The van der Waals surface area contributed by atoms with Crippen molar-refractivity contribution in [2.45, 2.75) is 19.5 Å². The third-order valence-electron chi connectivity index (χ3n) is 5.28. The van der Waals surface area contributed by atoms with E-state index >= 15 is 0 Å². The Kier molecular flexibility index (Phi) is 4.51. The molecule has 0 aliphatic carbocycles. The average Bonchev–Trinajstić information content (AvgIpc) is 3.13. The standard InChI is InChI=1S/C22H18ClN3OS/c23-17-7-5-15(6-8-17)19-11-18-21(28-19)22(27)25-20(24-18)13-26-10-9-14-3-1-2-4-16(14)12-26/h1-8,11H,9-10,12-13H2,(H,24,25,27)/p+1. The summed E-state index contributed by atoms with van der Waals surface area (Å²) in [5, 5.41) is 0.703. The summed E-state index contributed by atoms with van der Waals surface area (Å²) in [4.78, 5) is 22.8. The van der Waals surface area contributed by atoms with E-state index in [1.54, 1.807) is 0 Å². The zero-order chi connectivity index (χ0) is 19.1. The van der Waals surface area contributed by atoms with Gasteiger partial charge in [0, 0.05) is 21.9 Å². The fraction of sp³-hybridized carbons (Fsp3) is 0.182. The van der Waals surface area contributed by atoms with E-state index in [1.165, 1.54) is 27.4 Å². The minimum atomic E-state index is -0.0537. The molecule has 0 saturated carbocycles. The van der Waals surface area contributed by atoms with Crippen LogP contribution in [-0.4, -0.2) is 16.5 Å². The maximum atomic E-state index is 12.6. The molecule has 0 spiro atoms. The van der Waals surface area contributed by atoms with E-state index in [4.69, 9.17) is 16.6 Å². The first kappa shape index (κ1) is 17.6. The van der Waals surface area contributed by atoms with Crippen molar-refractivity contribution in [2.24, 2.45) is 0 Å². The first-order chi connectivity index (χ1) is 13.7. The average molecular weight is 409 g/mol. The Morgan fingerprint density at radius 1 is 1.11 bits per heavy atom. The molecule has 4 nitrogen and oxygen atoms in total. The first-order valence-corrected chi connectivity index (χ1v) is 10.5. The number of aromatic nitrogens is 2. The number of aromatic amines is 1. The molecule has 0 fully saturated rings. The minimum absolute atomic E-state index is 0.0537. The quantitative estimate of drug-likeness (QED) is 0.545. The van der Waals surface area contributed by atoms with Gasteiger partial charge in [0.05, 0.1) is 12.1 Å². The van der Waals surface area contributed by atoms with Gasteiger partial charge in [-0.15, -0.1) is 11.3 Å². The van der Waals surface area contributed by atoms with Crippen LogP contribution in [0.3, 0.4) is 0 Å². The highest BCUT2D eigenvalue weighted by molar-refractivity contribution is 7.22. The molecule has 0 saturated heterocycles. The molecule has 28 heavy (non-hydrogen) atoms. The van der Waals surface area contributed by atoms with Crippen LogP contribution in [-0.2, 0) is 19.5 Å². The van der Waals surface area contributed by atoms with Gasteiger partial charge in [-0.3, -0.25) is 4.79 Å². The number of nitrogens with one attached hydrogen (secondary N) is 2. The molecule has 6 heteroatoms. The smallest absolute Gasteiger partial charge is 0.269 e. The number of fused-ring (bicyclic) bond motifs is 2. The molecule has 2 aromatic carbocycles. The van der Waals surface area contributed by atoms with Gasteiger partial charge in [-0.1, -0.05) is 48.0 Å². The van der Waals surface area contributed by atoms with E-state index in [0.29, 0.717) is 9.72 Å². The largest absolute Gasteiger partial charge is 0.325 e. The maximum absolute atomic E-state index is 12.6. The zero-order valence-corrected chi connectivity index (χ0v) is 16.7. The van der Waals surface area contributed by atoms with Crippen LogP contribution in [0.25, 0.3) is 20.7 Å². The minimum Gasteiger partial charge on any atom is -0.325 e. The van der Waals surface area contributed by atoms with Crippen LogP contribution in [0, 0.1) is 0 Å². The molecule has 4 aromatic rings. The Morgan fingerprint density at radius 2 is 1.89 bits per heavy atom. The number of nitrogens with zero attached hydrogens (tertiary/aromatic N) is 1. The number of rotatable bonds is 3. The Morgan fingerprint density at radius 3 is 2.71 bits per heavy atom. The fourth-order valence-electron chi connectivity index (χ4n) is 3.86. The Bertz CT molecular complexity index is 1210. The molecule has 1 aliphatic rings. The summed E-state index contributed by atoms with van der Waals surface area (Å²) in [6.07, 6.45) is 1.07. The lowest BCUT2D eigenvalue weighted by Gasteiger charge is -2.25. The molecular weight excluding hydrogens is 390 g/mol. The lowest BCUT2D eigenvalue weighted by molar-refractivity contribution is -0.930. The maximum Gasteiger partial charge on any atom is 0.269 e. The van der Waals surface area contributed by atoms with Crippen LogP contribution in [0.2, 0.25) is 5.02 Å². The second-order valence-corrected chi connectivity index (χ2v) is 8.71. The van der Waals surface area contributed by atoms with Gasteiger partial charge >= 0.3 is 0 Å². The summed E-state index contributed by atoms with van der Waals surface area (Å²) in [6, 6.07) is 18.3. The van der Waals surface area contributed by atoms with E-state index < -0.39 is 0 Å². The summed E-state index contributed by atoms with van der Waals surface area (Å²) < 4.78 is 0.674. The molecule has 0 amide bonds. The van der Waals surface area contributed by atoms with Crippen LogP contribution in [0.15, 0.2) is 59.4 Å². The van der Waals surface area contributed by atoms with E-state index in [0.717, 1.165) is 47.8 Å². The SMILES string of the molecule is O=c1[nH]c(C[NH+]2CCc3ccccc3C2)nc2cc(-c3ccc(Cl)cc3)sc12. The number of hydrogen-bond acceptors (Lipinski definition) is 3. The van der Waals surface area contributed by atoms with Crippen molar-refractivity contribution in [2.75, 3.05) is 6.54 Å². The lowest BCUT2D eigenvalue weighted by Crippen LogP contribution is -3.10. The van der Waals surface area contributed by atoms with Crippen LogP contribution in [0.5, 0.6) is 0 Å². The third-order valence-corrected chi connectivity index (χ3v) is 6.71. The number of thiophene rings is 1. The molecule has 3 heterocycles. The normalized spacial score (nSPS) is 16.2. The molecule has 0 radical (unpaired) electrons. The molecule has 1 unspecified atom stereocenters. The second kappa shape index (κ2) is 7.17. The van der Waals surface area contributed by atoms with Crippen LogP contribution in [0.4, 0.5) is 0 Å². The van der Waals surface area contributed by atoms with Gasteiger partial charge in [-0.2, -0.15) is 0 Å². The predicted molar refractivity (Wildman–Crippen MR) is 114 cm³/mol. The highest BCUT2D eigenvalue weighted by Crippen LogP contribution is 2.31. The molecule has 0 bridgehead atoms. The van der Waals surface area contributed by atoms with E-state index in [2.05, 4.69) is 29.2 Å². The zero-order valence-electron chi connectivity index (χ0n) is 15.2. The number of halogens is 1. The summed E-state index contributed by atoms with van der Waals surface area (Å²) >= 11 is 7.45. The monoisotopic (exact) mass is 408 g/mol. The molecule has 2 aromatic heterocycles. The van der Waals surface area contributed by atoms with Gasteiger partial charge in [0.2, 0.25) is 0 Å². The fourth-order valence-corrected chi connectivity index (χ4v) is 4.98. The topological polar surface area (TPSA) is 50.2 Å². The van der Waals surface area contributed by atoms with E-state index in [9.17, 15) is 4.79 Å². The predicted octanol–water partition coefficient (Wildman–Crippen LogP) is 3.45. The molecule has 5 rings (SSSR count). The van der Waals surface area contributed by atoms with Gasteiger partial charge in [-0.05, 0) is 29.3 Å². The summed E-state index contributed by atoms with van der Waals surface area (Å²) in [7, 11) is 0. The van der Waals surface area contributed by atoms with Crippen molar-refractivity contribution in [3.05, 3.63) is 86.9 Å². The van der Waals surface area contributed by atoms with Crippen molar-refractivity contribution in [3.8, 4) is 10.4 Å². The van der Waals surface area contributed by atoms with E-state index in [1.807, 2.05) is 30.3 Å². The lowest BCUT2D eigenvalue weighted by atomic mass is 10.00. The number of hydrogen-bond donors (Lipinski definition) is 2.